The largest absolute Gasteiger partial charge is 0.493 e. The molecular formula is C21H17ClO5S. The van der Waals surface area contributed by atoms with Crippen LogP contribution >= 0.6 is 22.9 Å². The molecule has 0 spiro atoms. The Morgan fingerprint density at radius 2 is 1.82 bits per heavy atom. The number of carbonyl (C=O) groups is 2. The molecule has 3 aromatic rings. The van der Waals surface area contributed by atoms with E-state index in [1.165, 1.54) is 31.6 Å². The number of carbonyl (C=O) groups excluding carboxylic acids is 2. The number of methoxy groups -OCH3 is 2. The molecule has 0 saturated carbocycles. The number of ketones is 1. The standard InChI is InChI=1S/C21H17ClO5S/c1-25-16-8-7-13(11-17(16)26-2)15(23)12-27-20(24)10-9-19-21(22)14-5-3-4-6-18(14)28-19/h3-11H,12H2,1-2H3/b10-9+. The fourth-order valence-corrected chi connectivity index (χ4v) is 3.96. The van der Waals surface area contributed by atoms with E-state index in [2.05, 4.69) is 0 Å². The van der Waals surface area contributed by atoms with Gasteiger partial charge in [-0.2, -0.15) is 0 Å². The average molecular weight is 417 g/mol. The highest BCUT2D eigenvalue weighted by Gasteiger charge is 2.13. The zero-order valence-electron chi connectivity index (χ0n) is 15.2. The summed E-state index contributed by atoms with van der Waals surface area (Å²) in [6.07, 6.45) is 2.86. The van der Waals surface area contributed by atoms with Crippen LogP contribution in [0.2, 0.25) is 5.02 Å². The highest BCUT2D eigenvalue weighted by molar-refractivity contribution is 7.20. The van der Waals surface area contributed by atoms with E-state index in [1.807, 2.05) is 24.3 Å². The Morgan fingerprint density at radius 3 is 2.54 bits per heavy atom. The topological polar surface area (TPSA) is 61.8 Å². The van der Waals surface area contributed by atoms with Gasteiger partial charge in [-0.25, -0.2) is 4.79 Å². The van der Waals surface area contributed by atoms with Crippen molar-refractivity contribution in [3.63, 3.8) is 0 Å². The van der Waals surface area contributed by atoms with Crippen LogP contribution in [0.3, 0.4) is 0 Å². The molecular weight excluding hydrogens is 400 g/mol. The predicted molar refractivity (Wildman–Crippen MR) is 111 cm³/mol. The summed E-state index contributed by atoms with van der Waals surface area (Å²) in [5.74, 6) is -0.0249. The zero-order valence-corrected chi connectivity index (χ0v) is 16.8. The first-order chi connectivity index (χ1) is 13.5. The van der Waals surface area contributed by atoms with Gasteiger partial charge < -0.3 is 14.2 Å². The molecule has 0 fully saturated rings. The number of halogens is 1. The van der Waals surface area contributed by atoms with Crippen LogP contribution in [-0.2, 0) is 9.53 Å². The highest BCUT2D eigenvalue weighted by Crippen LogP contribution is 2.35. The summed E-state index contributed by atoms with van der Waals surface area (Å²) in [7, 11) is 2.99. The van der Waals surface area contributed by atoms with Crippen LogP contribution < -0.4 is 9.47 Å². The van der Waals surface area contributed by atoms with Crippen molar-refractivity contribution in [2.75, 3.05) is 20.8 Å². The molecule has 0 amide bonds. The van der Waals surface area contributed by atoms with Crippen molar-refractivity contribution >= 4 is 50.9 Å². The lowest BCUT2D eigenvalue weighted by Gasteiger charge is -2.09. The van der Waals surface area contributed by atoms with Crippen LogP contribution in [0.4, 0.5) is 0 Å². The molecule has 0 bridgehead atoms. The van der Waals surface area contributed by atoms with Crippen molar-refractivity contribution in [1.82, 2.24) is 0 Å². The van der Waals surface area contributed by atoms with Crippen molar-refractivity contribution < 1.29 is 23.8 Å². The van der Waals surface area contributed by atoms with E-state index < -0.39 is 5.97 Å². The molecule has 1 aromatic heterocycles. The lowest BCUT2D eigenvalue weighted by Crippen LogP contribution is -2.12. The van der Waals surface area contributed by atoms with E-state index >= 15 is 0 Å². The summed E-state index contributed by atoms with van der Waals surface area (Å²) < 4.78 is 16.4. The van der Waals surface area contributed by atoms with Gasteiger partial charge in [0.15, 0.2) is 23.9 Å². The SMILES string of the molecule is COc1ccc(C(=O)COC(=O)/C=C/c2sc3ccccc3c2Cl)cc1OC. The third-order valence-corrected chi connectivity index (χ3v) is 5.64. The normalized spacial score (nSPS) is 11.0. The second-order valence-corrected chi connectivity index (χ2v) is 7.17. The van der Waals surface area contributed by atoms with E-state index in [0.29, 0.717) is 22.1 Å². The summed E-state index contributed by atoms with van der Waals surface area (Å²) in [6.45, 7) is -0.376. The van der Waals surface area contributed by atoms with Crippen LogP contribution in [-0.4, -0.2) is 32.6 Å². The molecule has 144 valence electrons. The number of fused-ring (bicyclic) bond motifs is 1. The molecule has 7 heteroatoms. The van der Waals surface area contributed by atoms with Gasteiger partial charge in [-0.1, -0.05) is 29.8 Å². The third-order valence-electron chi connectivity index (χ3n) is 3.98. The highest BCUT2D eigenvalue weighted by atomic mass is 35.5. The molecule has 0 aliphatic heterocycles. The number of benzene rings is 2. The lowest BCUT2D eigenvalue weighted by molar-refractivity contribution is -0.136. The predicted octanol–water partition coefficient (Wildman–Crippen LogP) is 5.01. The summed E-state index contributed by atoms with van der Waals surface area (Å²) >= 11 is 7.81. The van der Waals surface area contributed by atoms with Crippen molar-refractivity contribution in [3.05, 3.63) is 64.0 Å². The first-order valence-electron chi connectivity index (χ1n) is 8.30. The molecule has 2 aromatic carbocycles. The first-order valence-corrected chi connectivity index (χ1v) is 9.50. The molecule has 0 saturated heterocycles. The molecule has 0 N–H and O–H groups in total. The van der Waals surface area contributed by atoms with Crippen molar-refractivity contribution in [3.8, 4) is 11.5 Å². The molecule has 0 unspecified atom stereocenters. The van der Waals surface area contributed by atoms with Gasteiger partial charge in [-0.15, -0.1) is 11.3 Å². The van der Waals surface area contributed by atoms with Gasteiger partial charge in [0.05, 0.1) is 19.2 Å². The fraction of sp³-hybridized carbons (Fsp3) is 0.143. The third kappa shape index (κ3) is 4.35. The quantitative estimate of drug-likeness (QED) is 0.308. The van der Waals surface area contributed by atoms with Crippen molar-refractivity contribution in [1.29, 1.82) is 0 Å². The number of Topliss-reactive ketones (excluding diaryl/α,β-unsaturated/α-hetero) is 1. The Kier molecular flexibility index (Phi) is 6.34. The van der Waals surface area contributed by atoms with E-state index in [9.17, 15) is 9.59 Å². The first kappa shape index (κ1) is 19.9. The maximum Gasteiger partial charge on any atom is 0.331 e. The Hall–Kier alpha value is -2.83. The monoisotopic (exact) mass is 416 g/mol. The van der Waals surface area contributed by atoms with E-state index in [-0.39, 0.29) is 12.4 Å². The Balaban J connectivity index is 1.62. The number of hydrogen-bond donors (Lipinski definition) is 0. The Morgan fingerprint density at radius 1 is 1.07 bits per heavy atom. The number of ether oxygens (including phenoxy) is 3. The van der Waals surface area contributed by atoms with Gasteiger partial charge in [0.2, 0.25) is 0 Å². The van der Waals surface area contributed by atoms with Gasteiger partial charge in [0, 0.05) is 26.6 Å². The molecule has 5 nitrogen and oxygen atoms in total. The number of thiophene rings is 1. The minimum atomic E-state index is -0.623. The van der Waals surface area contributed by atoms with Crippen LogP contribution in [0.25, 0.3) is 16.2 Å². The Bertz CT molecular complexity index is 1050. The van der Waals surface area contributed by atoms with Gasteiger partial charge >= 0.3 is 5.97 Å². The van der Waals surface area contributed by atoms with E-state index in [0.717, 1.165) is 15.0 Å². The van der Waals surface area contributed by atoms with Crippen molar-refractivity contribution in [2.45, 2.75) is 0 Å². The average Bonchev–Trinajstić information content (AvgIpc) is 3.05. The molecule has 0 radical (unpaired) electrons. The van der Waals surface area contributed by atoms with Crippen LogP contribution in [0.15, 0.2) is 48.5 Å². The number of hydrogen-bond acceptors (Lipinski definition) is 6. The van der Waals surface area contributed by atoms with Crippen molar-refractivity contribution in [2.24, 2.45) is 0 Å². The minimum Gasteiger partial charge on any atom is -0.493 e. The van der Waals surface area contributed by atoms with Crippen LogP contribution in [0, 0.1) is 0 Å². The fourth-order valence-electron chi connectivity index (χ4n) is 2.56. The molecule has 1 heterocycles. The smallest absolute Gasteiger partial charge is 0.331 e. The summed E-state index contributed by atoms with van der Waals surface area (Å²) in [4.78, 5) is 25.0. The molecule has 0 atom stereocenters. The summed E-state index contributed by atoms with van der Waals surface area (Å²) in [6, 6.07) is 12.5. The van der Waals surface area contributed by atoms with Gasteiger partial charge in [0.25, 0.3) is 0 Å². The van der Waals surface area contributed by atoms with Gasteiger partial charge in [-0.3, -0.25) is 4.79 Å². The maximum absolute atomic E-state index is 12.2. The Labute approximate surface area is 171 Å². The van der Waals surface area contributed by atoms with Crippen LogP contribution in [0.1, 0.15) is 15.2 Å². The van der Waals surface area contributed by atoms with Crippen LogP contribution in [0.5, 0.6) is 11.5 Å². The number of rotatable bonds is 7. The summed E-state index contributed by atoms with van der Waals surface area (Å²) in [5, 5.41) is 1.52. The second-order valence-electron chi connectivity index (χ2n) is 5.71. The van der Waals surface area contributed by atoms with Gasteiger partial charge in [-0.05, 0) is 30.3 Å². The molecule has 0 aliphatic rings. The second kappa shape index (κ2) is 8.91. The maximum atomic E-state index is 12.2. The molecule has 28 heavy (non-hydrogen) atoms. The van der Waals surface area contributed by atoms with E-state index in [4.69, 9.17) is 25.8 Å². The zero-order chi connectivity index (χ0) is 20.1. The van der Waals surface area contributed by atoms with E-state index in [1.54, 1.807) is 24.3 Å². The summed E-state index contributed by atoms with van der Waals surface area (Å²) in [5.41, 5.74) is 0.363. The lowest BCUT2D eigenvalue weighted by atomic mass is 10.1. The molecule has 3 rings (SSSR count). The molecule has 0 aliphatic carbocycles. The van der Waals surface area contributed by atoms with Gasteiger partial charge in [0.1, 0.15) is 0 Å². The minimum absolute atomic E-state index is 0.345. The number of esters is 1.